The standard InChI is InChI=1S/C17H18F2N2O4S2/c18-14-4-1-6-16(12-14)26(22,23)20-8-3-9-21(11-10-20)27(24,25)17-7-2-5-15(19)13-17/h1-2,4-7,12-13H,3,8-11H2. The highest BCUT2D eigenvalue weighted by atomic mass is 32.2. The summed E-state index contributed by atoms with van der Waals surface area (Å²) in [4.78, 5) is -0.354. The van der Waals surface area contributed by atoms with E-state index in [4.69, 9.17) is 0 Å². The highest BCUT2D eigenvalue weighted by Gasteiger charge is 2.32. The molecule has 1 aliphatic rings. The monoisotopic (exact) mass is 416 g/mol. The van der Waals surface area contributed by atoms with Gasteiger partial charge in [-0.1, -0.05) is 12.1 Å². The quantitative estimate of drug-likeness (QED) is 0.765. The van der Waals surface area contributed by atoms with Crippen LogP contribution in [0, 0.1) is 11.6 Å². The van der Waals surface area contributed by atoms with Crippen molar-refractivity contribution in [2.75, 3.05) is 26.2 Å². The van der Waals surface area contributed by atoms with Gasteiger partial charge in [0.25, 0.3) is 0 Å². The minimum atomic E-state index is -3.94. The van der Waals surface area contributed by atoms with Gasteiger partial charge in [0.05, 0.1) is 9.79 Å². The summed E-state index contributed by atoms with van der Waals surface area (Å²) in [7, 11) is -7.87. The minimum absolute atomic E-state index is 0.0760. The van der Waals surface area contributed by atoms with E-state index >= 15 is 0 Å². The third-order valence-electron chi connectivity index (χ3n) is 4.28. The molecule has 0 saturated carbocycles. The molecule has 0 amide bonds. The van der Waals surface area contributed by atoms with Gasteiger partial charge in [-0.15, -0.1) is 0 Å². The van der Waals surface area contributed by atoms with Gasteiger partial charge in [-0.3, -0.25) is 0 Å². The smallest absolute Gasteiger partial charge is 0.207 e. The molecule has 0 aromatic heterocycles. The van der Waals surface area contributed by atoms with Crippen LogP contribution in [0.5, 0.6) is 0 Å². The summed E-state index contributed by atoms with van der Waals surface area (Å²) in [5, 5.41) is 0. The van der Waals surface area contributed by atoms with E-state index in [1.54, 1.807) is 0 Å². The molecule has 0 atom stereocenters. The molecule has 146 valence electrons. The molecule has 27 heavy (non-hydrogen) atoms. The van der Waals surface area contributed by atoms with Crippen LogP contribution in [0.25, 0.3) is 0 Å². The first-order valence-corrected chi connectivity index (χ1v) is 11.1. The number of nitrogens with zero attached hydrogens (tertiary/aromatic N) is 2. The predicted octanol–water partition coefficient (Wildman–Crippen LogP) is 2.05. The fraction of sp³-hybridized carbons (Fsp3) is 0.294. The maximum atomic E-state index is 13.4. The SMILES string of the molecule is O=S(=O)(c1cccc(F)c1)N1CCCN(S(=O)(=O)c2cccc(F)c2)CC1. The van der Waals surface area contributed by atoms with Crippen LogP contribution in [-0.4, -0.2) is 51.6 Å². The van der Waals surface area contributed by atoms with Crippen LogP contribution in [0.4, 0.5) is 8.78 Å². The molecule has 10 heteroatoms. The van der Waals surface area contributed by atoms with E-state index in [1.165, 1.54) is 24.3 Å². The van der Waals surface area contributed by atoms with Gasteiger partial charge < -0.3 is 0 Å². The van der Waals surface area contributed by atoms with Gasteiger partial charge in [-0.2, -0.15) is 8.61 Å². The lowest BCUT2D eigenvalue weighted by Gasteiger charge is -2.21. The fourth-order valence-electron chi connectivity index (χ4n) is 2.90. The Morgan fingerprint density at radius 1 is 0.667 bits per heavy atom. The zero-order valence-electron chi connectivity index (χ0n) is 14.3. The van der Waals surface area contributed by atoms with Gasteiger partial charge >= 0.3 is 0 Å². The Balaban J connectivity index is 1.81. The lowest BCUT2D eigenvalue weighted by atomic mass is 10.4. The lowest BCUT2D eigenvalue weighted by molar-refractivity contribution is 0.404. The van der Waals surface area contributed by atoms with Crippen molar-refractivity contribution in [3.8, 4) is 0 Å². The molecule has 0 unspecified atom stereocenters. The maximum Gasteiger partial charge on any atom is 0.243 e. The van der Waals surface area contributed by atoms with E-state index < -0.39 is 31.7 Å². The molecular weight excluding hydrogens is 398 g/mol. The molecule has 1 aliphatic heterocycles. The van der Waals surface area contributed by atoms with E-state index in [2.05, 4.69) is 0 Å². The van der Waals surface area contributed by atoms with Gasteiger partial charge in [0.1, 0.15) is 11.6 Å². The van der Waals surface area contributed by atoms with E-state index in [0.717, 1.165) is 32.9 Å². The Labute approximate surface area is 157 Å². The molecule has 0 N–H and O–H groups in total. The van der Waals surface area contributed by atoms with Gasteiger partial charge in [0.2, 0.25) is 20.0 Å². The molecule has 0 radical (unpaired) electrons. The predicted molar refractivity (Wildman–Crippen MR) is 94.9 cm³/mol. The average Bonchev–Trinajstić information content (AvgIpc) is 2.89. The van der Waals surface area contributed by atoms with E-state index in [1.807, 2.05) is 0 Å². The van der Waals surface area contributed by atoms with Crippen molar-refractivity contribution in [3.05, 3.63) is 60.2 Å². The van der Waals surface area contributed by atoms with Crippen molar-refractivity contribution >= 4 is 20.0 Å². The molecule has 0 spiro atoms. The Hall–Kier alpha value is -1.88. The maximum absolute atomic E-state index is 13.4. The van der Waals surface area contributed by atoms with Crippen molar-refractivity contribution < 1.29 is 25.6 Å². The van der Waals surface area contributed by atoms with Crippen LogP contribution in [-0.2, 0) is 20.0 Å². The number of benzene rings is 2. The van der Waals surface area contributed by atoms with Crippen LogP contribution < -0.4 is 0 Å². The van der Waals surface area contributed by atoms with Gasteiger partial charge in [-0.05, 0) is 42.8 Å². The Bertz CT molecular complexity index is 959. The van der Waals surface area contributed by atoms with Crippen LogP contribution in [0.2, 0.25) is 0 Å². The van der Waals surface area contributed by atoms with Crippen molar-refractivity contribution in [2.24, 2.45) is 0 Å². The highest BCUT2D eigenvalue weighted by molar-refractivity contribution is 7.89. The third-order valence-corrected chi connectivity index (χ3v) is 8.07. The second-order valence-electron chi connectivity index (χ2n) is 6.08. The van der Waals surface area contributed by atoms with E-state index in [9.17, 15) is 25.6 Å². The summed E-state index contributed by atoms with van der Waals surface area (Å²) in [6.07, 6.45) is 0.267. The Morgan fingerprint density at radius 3 is 1.44 bits per heavy atom. The van der Waals surface area contributed by atoms with Crippen LogP contribution >= 0.6 is 0 Å². The normalized spacial score (nSPS) is 17.6. The molecule has 2 aromatic rings. The largest absolute Gasteiger partial charge is 0.243 e. The molecular formula is C17H18F2N2O4S2. The zero-order valence-corrected chi connectivity index (χ0v) is 15.9. The Kier molecular flexibility index (Phi) is 5.61. The van der Waals surface area contributed by atoms with Crippen LogP contribution in [0.3, 0.4) is 0 Å². The summed E-state index contributed by atoms with van der Waals surface area (Å²) in [5.41, 5.74) is 0. The number of sulfonamides is 2. The minimum Gasteiger partial charge on any atom is -0.207 e. The van der Waals surface area contributed by atoms with Crippen molar-refractivity contribution in [3.63, 3.8) is 0 Å². The number of hydrogen-bond donors (Lipinski definition) is 0. The molecule has 1 saturated heterocycles. The van der Waals surface area contributed by atoms with Gasteiger partial charge in [-0.25, -0.2) is 25.6 Å². The molecule has 2 aromatic carbocycles. The lowest BCUT2D eigenvalue weighted by Crippen LogP contribution is -2.37. The topological polar surface area (TPSA) is 74.8 Å². The first-order chi connectivity index (χ1) is 12.7. The summed E-state index contributed by atoms with van der Waals surface area (Å²) in [6.45, 7) is 0.0584. The summed E-state index contributed by atoms with van der Waals surface area (Å²) >= 11 is 0. The molecule has 3 rings (SSSR count). The fourth-order valence-corrected chi connectivity index (χ4v) is 5.91. The third kappa shape index (κ3) is 4.18. The highest BCUT2D eigenvalue weighted by Crippen LogP contribution is 2.22. The van der Waals surface area contributed by atoms with Gasteiger partial charge in [0, 0.05) is 26.2 Å². The molecule has 1 heterocycles. The second kappa shape index (κ2) is 7.63. The summed E-state index contributed by atoms with van der Waals surface area (Å²) in [5.74, 6) is -1.33. The molecule has 0 bridgehead atoms. The second-order valence-corrected chi connectivity index (χ2v) is 9.95. The van der Waals surface area contributed by atoms with Crippen LogP contribution in [0.15, 0.2) is 58.3 Å². The zero-order chi connectivity index (χ0) is 19.7. The molecule has 0 aliphatic carbocycles. The van der Waals surface area contributed by atoms with Crippen molar-refractivity contribution in [2.45, 2.75) is 16.2 Å². The van der Waals surface area contributed by atoms with Gasteiger partial charge in [0.15, 0.2) is 0 Å². The number of rotatable bonds is 4. The van der Waals surface area contributed by atoms with Crippen molar-refractivity contribution in [1.82, 2.24) is 8.61 Å². The van der Waals surface area contributed by atoms with Crippen LogP contribution in [0.1, 0.15) is 6.42 Å². The first-order valence-electron chi connectivity index (χ1n) is 8.23. The first kappa shape index (κ1) is 19.9. The number of halogens is 2. The average molecular weight is 416 g/mol. The van der Waals surface area contributed by atoms with E-state index in [-0.39, 0.29) is 42.4 Å². The summed E-state index contributed by atoms with van der Waals surface area (Å²) in [6, 6.07) is 9.36. The number of hydrogen-bond acceptors (Lipinski definition) is 4. The molecule has 6 nitrogen and oxygen atoms in total. The summed E-state index contributed by atoms with van der Waals surface area (Å²) < 4.78 is 79.9. The van der Waals surface area contributed by atoms with Crippen molar-refractivity contribution in [1.29, 1.82) is 0 Å². The Morgan fingerprint density at radius 2 is 1.07 bits per heavy atom. The van der Waals surface area contributed by atoms with E-state index in [0.29, 0.717) is 0 Å². The molecule has 1 fully saturated rings.